The molecule has 108 valence electrons. The second-order valence-electron chi connectivity index (χ2n) is 5.71. The first-order valence-corrected chi connectivity index (χ1v) is 7.60. The highest BCUT2D eigenvalue weighted by molar-refractivity contribution is 6.30. The third-order valence-corrected chi connectivity index (χ3v) is 4.60. The Morgan fingerprint density at radius 2 is 2.00 bits per heavy atom. The molecule has 2 bridgehead atoms. The number of benzene rings is 1. The molecule has 0 aromatic heterocycles. The molecular formula is C15H20ClN2O2+. The van der Waals surface area contributed by atoms with Crippen molar-refractivity contribution in [2.75, 3.05) is 26.2 Å². The van der Waals surface area contributed by atoms with Crippen LogP contribution in [0.5, 0.6) is 5.75 Å². The summed E-state index contributed by atoms with van der Waals surface area (Å²) in [7, 11) is 0. The SMILES string of the molecule is O=C(COc1ccc(Cl)cc1)N[C@H]1C[NH+]2CCC1CC2. The predicted molar refractivity (Wildman–Crippen MR) is 77.2 cm³/mol. The van der Waals surface area contributed by atoms with E-state index in [0.29, 0.717) is 22.7 Å². The maximum atomic E-state index is 12.0. The molecule has 1 atom stereocenters. The minimum atomic E-state index is -0.0295. The molecule has 3 aliphatic heterocycles. The van der Waals surface area contributed by atoms with Gasteiger partial charge in [0.05, 0.1) is 25.7 Å². The van der Waals surface area contributed by atoms with Crippen LogP contribution in [-0.4, -0.2) is 38.2 Å². The van der Waals surface area contributed by atoms with E-state index >= 15 is 0 Å². The van der Waals surface area contributed by atoms with Gasteiger partial charge in [-0.1, -0.05) is 11.6 Å². The number of nitrogens with one attached hydrogen (secondary N) is 2. The topological polar surface area (TPSA) is 42.8 Å². The van der Waals surface area contributed by atoms with Gasteiger partial charge in [-0.2, -0.15) is 0 Å². The lowest BCUT2D eigenvalue weighted by molar-refractivity contribution is -0.917. The Morgan fingerprint density at radius 3 is 2.60 bits per heavy atom. The van der Waals surface area contributed by atoms with Crippen molar-refractivity contribution < 1.29 is 14.4 Å². The van der Waals surface area contributed by atoms with E-state index in [4.69, 9.17) is 16.3 Å². The molecule has 4 rings (SSSR count). The number of halogens is 1. The quantitative estimate of drug-likeness (QED) is 0.850. The molecule has 3 heterocycles. The molecular weight excluding hydrogens is 276 g/mol. The molecule has 0 aliphatic carbocycles. The average molecular weight is 296 g/mol. The first kappa shape index (κ1) is 13.7. The van der Waals surface area contributed by atoms with Crippen LogP contribution in [-0.2, 0) is 4.79 Å². The summed E-state index contributed by atoms with van der Waals surface area (Å²) in [5, 5.41) is 3.79. The van der Waals surface area contributed by atoms with E-state index in [1.165, 1.54) is 25.9 Å². The van der Waals surface area contributed by atoms with Crippen LogP contribution in [0.25, 0.3) is 0 Å². The Balaban J connectivity index is 1.46. The number of quaternary nitrogens is 1. The van der Waals surface area contributed by atoms with E-state index in [1.54, 1.807) is 29.2 Å². The summed E-state index contributed by atoms with van der Waals surface area (Å²) in [4.78, 5) is 13.6. The summed E-state index contributed by atoms with van der Waals surface area (Å²) in [5.74, 6) is 1.30. The largest absolute Gasteiger partial charge is 0.484 e. The van der Waals surface area contributed by atoms with Gasteiger partial charge in [-0.3, -0.25) is 4.79 Å². The minimum Gasteiger partial charge on any atom is -0.484 e. The average Bonchev–Trinajstić information content (AvgIpc) is 2.48. The van der Waals surface area contributed by atoms with Crippen molar-refractivity contribution in [2.24, 2.45) is 5.92 Å². The molecule has 1 amide bonds. The van der Waals surface area contributed by atoms with Gasteiger partial charge in [-0.15, -0.1) is 0 Å². The third-order valence-electron chi connectivity index (χ3n) is 4.34. The Bertz CT molecular complexity index is 469. The number of rotatable bonds is 4. The predicted octanol–water partition coefficient (Wildman–Crippen LogP) is 0.512. The van der Waals surface area contributed by atoms with Crippen LogP contribution in [0.1, 0.15) is 12.8 Å². The Morgan fingerprint density at radius 1 is 1.30 bits per heavy atom. The van der Waals surface area contributed by atoms with Crippen LogP contribution < -0.4 is 15.0 Å². The molecule has 4 nitrogen and oxygen atoms in total. The van der Waals surface area contributed by atoms with Gasteiger partial charge in [0.15, 0.2) is 6.61 Å². The molecule has 3 saturated heterocycles. The zero-order valence-electron chi connectivity index (χ0n) is 11.4. The van der Waals surface area contributed by atoms with Crippen molar-refractivity contribution in [3.63, 3.8) is 0 Å². The highest BCUT2D eigenvalue weighted by atomic mass is 35.5. The molecule has 0 spiro atoms. The lowest BCUT2D eigenvalue weighted by atomic mass is 9.84. The summed E-state index contributed by atoms with van der Waals surface area (Å²) in [6, 6.07) is 7.38. The van der Waals surface area contributed by atoms with Crippen LogP contribution in [0.2, 0.25) is 5.02 Å². The Labute approximate surface area is 124 Å². The highest BCUT2D eigenvalue weighted by Crippen LogP contribution is 2.18. The van der Waals surface area contributed by atoms with Gasteiger partial charge in [0.25, 0.3) is 5.91 Å². The monoisotopic (exact) mass is 295 g/mol. The number of hydrogen-bond donors (Lipinski definition) is 2. The molecule has 0 unspecified atom stereocenters. The third kappa shape index (κ3) is 3.25. The molecule has 1 aromatic rings. The number of hydrogen-bond acceptors (Lipinski definition) is 2. The summed E-state index contributed by atoms with van der Waals surface area (Å²) in [6.45, 7) is 3.66. The van der Waals surface area contributed by atoms with Gasteiger partial charge in [-0.05, 0) is 30.2 Å². The maximum Gasteiger partial charge on any atom is 0.258 e. The second kappa shape index (κ2) is 6.02. The van der Waals surface area contributed by atoms with Crippen molar-refractivity contribution in [3.05, 3.63) is 29.3 Å². The van der Waals surface area contributed by atoms with E-state index in [-0.39, 0.29) is 12.5 Å². The van der Waals surface area contributed by atoms with Crippen LogP contribution in [0, 0.1) is 5.92 Å². The molecule has 1 aromatic carbocycles. The fourth-order valence-corrected chi connectivity index (χ4v) is 3.36. The standard InChI is InChI=1S/C15H19ClN2O2/c16-12-1-3-13(4-2-12)20-10-15(19)17-14-9-18-7-5-11(14)6-8-18/h1-4,11,14H,5-10H2,(H,17,19)/p+1/t14-/m0/s1. The molecule has 2 N–H and O–H groups in total. The number of ether oxygens (including phenoxy) is 1. The van der Waals surface area contributed by atoms with Crippen molar-refractivity contribution in [2.45, 2.75) is 18.9 Å². The molecule has 20 heavy (non-hydrogen) atoms. The van der Waals surface area contributed by atoms with Crippen molar-refractivity contribution in [3.8, 4) is 5.75 Å². The fourth-order valence-electron chi connectivity index (χ4n) is 3.23. The van der Waals surface area contributed by atoms with Crippen molar-refractivity contribution in [1.82, 2.24) is 5.32 Å². The molecule has 0 radical (unpaired) electrons. The first-order valence-electron chi connectivity index (χ1n) is 7.22. The van der Waals surface area contributed by atoms with Gasteiger partial charge >= 0.3 is 0 Å². The summed E-state index contributed by atoms with van der Waals surface area (Å²) in [5.41, 5.74) is 0. The molecule has 3 fully saturated rings. The fraction of sp³-hybridized carbons (Fsp3) is 0.533. The molecule has 5 heteroatoms. The molecule has 0 saturated carbocycles. The van der Waals surface area contributed by atoms with E-state index in [2.05, 4.69) is 5.32 Å². The summed E-state index contributed by atoms with van der Waals surface area (Å²) >= 11 is 5.80. The van der Waals surface area contributed by atoms with Crippen LogP contribution >= 0.6 is 11.6 Å². The smallest absolute Gasteiger partial charge is 0.258 e. The lowest BCUT2D eigenvalue weighted by Gasteiger charge is -2.42. The Hall–Kier alpha value is -1.26. The highest BCUT2D eigenvalue weighted by Gasteiger charge is 2.37. The van der Waals surface area contributed by atoms with Gasteiger partial charge in [0.1, 0.15) is 5.75 Å². The summed E-state index contributed by atoms with van der Waals surface area (Å²) < 4.78 is 5.47. The van der Waals surface area contributed by atoms with E-state index < -0.39 is 0 Å². The van der Waals surface area contributed by atoms with Gasteiger partial charge in [-0.25, -0.2) is 0 Å². The van der Waals surface area contributed by atoms with Gasteiger partial charge in [0, 0.05) is 17.9 Å². The lowest BCUT2D eigenvalue weighted by Crippen LogP contribution is -3.17. The molecule has 3 aliphatic rings. The number of amides is 1. The maximum absolute atomic E-state index is 12.0. The van der Waals surface area contributed by atoms with E-state index in [9.17, 15) is 4.79 Å². The zero-order valence-corrected chi connectivity index (χ0v) is 12.2. The number of piperidine rings is 3. The van der Waals surface area contributed by atoms with E-state index in [1.807, 2.05) is 0 Å². The van der Waals surface area contributed by atoms with Crippen LogP contribution in [0.4, 0.5) is 0 Å². The van der Waals surface area contributed by atoms with Gasteiger partial charge < -0.3 is 15.0 Å². The number of fused-ring (bicyclic) bond motifs is 3. The van der Waals surface area contributed by atoms with Crippen molar-refractivity contribution in [1.29, 1.82) is 0 Å². The van der Waals surface area contributed by atoms with E-state index in [0.717, 1.165) is 6.54 Å². The zero-order chi connectivity index (χ0) is 13.9. The van der Waals surface area contributed by atoms with Crippen molar-refractivity contribution >= 4 is 17.5 Å². The Kier molecular flexibility index (Phi) is 4.13. The van der Waals surface area contributed by atoms with Crippen LogP contribution in [0.3, 0.4) is 0 Å². The van der Waals surface area contributed by atoms with Gasteiger partial charge in [0.2, 0.25) is 0 Å². The minimum absolute atomic E-state index is 0.0295. The number of carbonyl (C=O) groups excluding carboxylic acids is 1. The first-order chi connectivity index (χ1) is 9.70. The summed E-state index contributed by atoms with van der Waals surface area (Å²) in [6.07, 6.45) is 2.47. The second-order valence-corrected chi connectivity index (χ2v) is 6.14. The normalized spacial score (nSPS) is 28.1. The number of carbonyl (C=O) groups is 1. The van der Waals surface area contributed by atoms with Crippen LogP contribution in [0.15, 0.2) is 24.3 Å².